The van der Waals surface area contributed by atoms with Crippen LogP contribution in [0.4, 0.5) is 0 Å². The standard InChI is InChI=1S/C13H22N2O/c1-13(2,3)7-12(16)10-15-9-11-5-4-6-14-8-11/h4-6,8,12,15-16H,7,9-10H2,1-3H3. The first kappa shape index (κ1) is 13.1. The molecule has 0 aromatic carbocycles. The summed E-state index contributed by atoms with van der Waals surface area (Å²) in [5.41, 5.74) is 1.32. The summed E-state index contributed by atoms with van der Waals surface area (Å²) in [6.07, 6.45) is 4.13. The van der Waals surface area contributed by atoms with Crippen molar-refractivity contribution in [1.82, 2.24) is 10.3 Å². The van der Waals surface area contributed by atoms with E-state index in [1.807, 2.05) is 18.3 Å². The molecule has 0 aliphatic heterocycles. The summed E-state index contributed by atoms with van der Waals surface area (Å²) in [6.45, 7) is 7.80. The zero-order chi connectivity index (χ0) is 12.0. The van der Waals surface area contributed by atoms with Crippen molar-refractivity contribution in [3.05, 3.63) is 30.1 Å². The molecule has 0 fully saturated rings. The number of nitrogens with one attached hydrogen (secondary N) is 1. The third-order valence-electron chi connectivity index (χ3n) is 2.28. The van der Waals surface area contributed by atoms with Crippen molar-refractivity contribution >= 4 is 0 Å². The second kappa shape index (κ2) is 5.97. The Balaban J connectivity index is 2.21. The van der Waals surface area contributed by atoms with E-state index in [9.17, 15) is 5.11 Å². The van der Waals surface area contributed by atoms with Gasteiger partial charge in [0.2, 0.25) is 0 Å². The van der Waals surface area contributed by atoms with E-state index in [0.29, 0.717) is 6.54 Å². The molecule has 0 aliphatic carbocycles. The minimum absolute atomic E-state index is 0.176. The van der Waals surface area contributed by atoms with Gasteiger partial charge in [0.1, 0.15) is 0 Å². The van der Waals surface area contributed by atoms with Crippen LogP contribution in [0.25, 0.3) is 0 Å². The second-order valence-corrected chi connectivity index (χ2v) is 5.41. The smallest absolute Gasteiger partial charge is 0.0669 e. The molecule has 3 nitrogen and oxygen atoms in total. The Hall–Kier alpha value is -0.930. The van der Waals surface area contributed by atoms with E-state index in [-0.39, 0.29) is 11.5 Å². The van der Waals surface area contributed by atoms with Gasteiger partial charge in [0, 0.05) is 25.5 Å². The fourth-order valence-electron chi connectivity index (χ4n) is 1.66. The molecule has 0 amide bonds. The highest BCUT2D eigenvalue weighted by atomic mass is 16.3. The van der Waals surface area contributed by atoms with Gasteiger partial charge >= 0.3 is 0 Å². The summed E-state index contributed by atoms with van der Waals surface area (Å²) in [5.74, 6) is 0. The lowest BCUT2D eigenvalue weighted by molar-refractivity contribution is 0.119. The Kier molecular flexibility index (Phi) is 4.90. The summed E-state index contributed by atoms with van der Waals surface area (Å²) >= 11 is 0. The SMILES string of the molecule is CC(C)(C)CC(O)CNCc1cccnc1. The Labute approximate surface area is 97.9 Å². The van der Waals surface area contributed by atoms with Crippen molar-refractivity contribution in [2.24, 2.45) is 5.41 Å². The van der Waals surface area contributed by atoms with Crippen molar-refractivity contribution in [2.45, 2.75) is 39.8 Å². The molecular weight excluding hydrogens is 200 g/mol. The molecule has 0 radical (unpaired) electrons. The van der Waals surface area contributed by atoms with Crippen LogP contribution in [0.3, 0.4) is 0 Å². The van der Waals surface area contributed by atoms with Crippen LogP contribution >= 0.6 is 0 Å². The molecule has 0 aliphatic rings. The monoisotopic (exact) mass is 222 g/mol. The lowest BCUT2D eigenvalue weighted by atomic mass is 9.89. The highest BCUT2D eigenvalue weighted by molar-refractivity contribution is 5.07. The van der Waals surface area contributed by atoms with E-state index in [2.05, 4.69) is 31.1 Å². The quantitative estimate of drug-likeness (QED) is 0.800. The number of aliphatic hydroxyl groups is 1. The average Bonchev–Trinajstić information content (AvgIpc) is 2.16. The van der Waals surface area contributed by atoms with Gasteiger partial charge in [-0.25, -0.2) is 0 Å². The van der Waals surface area contributed by atoms with Crippen LogP contribution in [0.1, 0.15) is 32.8 Å². The van der Waals surface area contributed by atoms with E-state index in [4.69, 9.17) is 0 Å². The number of pyridine rings is 1. The molecule has 0 bridgehead atoms. The molecule has 1 rings (SSSR count). The Morgan fingerprint density at radius 1 is 1.44 bits per heavy atom. The fourth-order valence-corrected chi connectivity index (χ4v) is 1.66. The van der Waals surface area contributed by atoms with E-state index in [0.717, 1.165) is 18.5 Å². The maximum absolute atomic E-state index is 9.78. The van der Waals surface area contributed by atoms with Gasteiger partial charge in [0.25, 0.3) is 0 Å². The van der Waals surface area contributed by atoms with Crippen LogP contribution < -0.4 is 5.32 Å². The molecule has 2 N–H and O–H groups in total. The molecule has 0 saturated heterocycles. The lowest BCUT2D eigenvalue weighted by Gasteiger charge is -2.22. The van der Waals surface area contributed by atoms with Crippen LogP contribution in [-0.2, 0) is 6.54 Å². The summed E-state index contributed by atoms with van der Waals surface area (Å²) in [5, 5.41) is 13.0. The number of aromatic nitrogens is 1. The fraction of sp³-hybridized carbons (Fsp3) is 0.615. The summed E-state index contributed by atoms with van der Waals surface area (Å²) < 4.78 is 0. The van der Waals surface area contributed by atoms with E-state index in [1.165, 1.54) is 0 Å². The number of nitrogens with zero attached hydrogens (tertiary/aromatic N) is 1. The van der Waals surface area contributed by atoms with Gasteiger partial charge in [-0.15, -0.1) is 0 Å². The third-order valence-corrected chi connectivity index (χ3v) is 2.28. The zero-order valence-corrected chi connectivity index (χ0v) is 10.4. The first-order valence-electron chi connectivity index (χ1n) is 5.75. The predicted octanol–water partition coefficient (Wildman–Crippen LogP) is 1.97. The largest absolute Gasteiger partial charge is 0.392 e. The Bertz CT molecular complexity index is 293. The van der Waals surface area contributed by atoms with E-state index < -0.39 is 0 Å². The average molecular weight is 222 g/mol. The van der Waals surface area contributed by atoms with Gasteiger partial charge < -0.3 is 10.4 Å². The Morgan fingerprint density at radius 3 is 2.75 bits per heavy atom. The maximum atomic E-state index is 9.78. The second-order valence-electron chi connectivity index (χ2n) is 5.41. The normalized spacial score (nSPS) is 13.8. The van der Waals surface area contributed by atoms with E-state index >= 15 is 0 Å². The lowest BCUT2D eigenvalue weighted by Crippen LogP contribution is -2.29. The number of aliphatic hydroxyl groups excluding tert-OH is 1. The zero-order valence-electron chi connectivity index (χ0n) is 10.4. The summed E-state index contributed by atoms with van der Waals surface area (Å²) in [4.78, 5) is 4.04. The van der Waals surface area contributed by atoms with Crippen LogP contribution in [-0.4, -0.2) is 22.7 Å². The van der Waals surface area contributed by atoms with Crippen molar-refractivity contribution in [1.29, 1.82) is 0 Å². The molecule has 1 aromatic rings. The molecule has 0 spiro atoms. The topological polar surface area (TPSA) is 45.1 Å². The minimum atomic E-state index is -0.281. The number of hydrogen-bond donors (Lipinski definition) is 2. The van der Waals surface area contributed by atoms with Crippen molar-refractivity contribution in [3.63, 3.8) is 0 Å². The van der Waals surface area contributed by atoms with Crippen molar-refractivity contribution in [3.8, 4) is 0 Å². The number of hydrogen-bond acceptors (Lipinski definition) is 3. The molecule has 16 heavy (non-hydrogen) atoms. The summed E-state index contributed by atoms with van der Waals surface area (Å²) in [6, 6.07) is 3.94. The van der Waals surface area contributed by atoms with Crippen molar-refractivity contribution < 1.29 is 5.11 Å². The van der Waals surface area contributed by atoms with Gasteiger partial charge in [-0.05, 0) is 23.5 Å². The van der Waals surface area contributed by atoms with Gasteiger partial charge in [-0.3, -0.25) is 4.98 Å². The maximum Gasteiger partial charge on any atom is 0.0669 e. The molecule has 1 unspecified atom stereocenters. The predicted molar refractivity (Wildman–Crippen MR) is 66.0 cm³/mol. The van der Waals surface area contributed by atoms with Crippen LogP contribution in [0.15, 0.2) is 24.5 Å². The molecule has 90 valence electrons. The molecule has 1 aromatic heterocycles. The first-order chi connectivity index (χ1) is 7.47. The highest BCUT2D eigenvalue weighted by Gasteiger charge is 2.15. The van der Waals surface area contributed by atoms with Gasteiger partial charge in [0.05, 0.1) is 6.10 Å². The molecular formula is C13H22N2O. The molecule has 1 atom stereocenters. The van der Waals surface area contributed by atoms with Crippen LogP contribution in [0.2, 0.25) is 0 Å². The number of rotatable bonds is 5. The van der Waals surface area contributed by atoms with Crippen LogP contribution in [0, 0.1) is 5.41 Å². The van der Waals surface area contributed by atoms with Gasteiger partial charge in [0.15, 0.2) is 0 Å². The van der Waals surface area contributed by atoms with Gasteiger partial charge in [-0.2, -0.15) is 0 Å². The Morgan fingerprint density at radius 2 is 2.19 bits per heavy atom. The minimum Gasteiger partial charge on any atom is -0.392 e. The molecule has 3 heteroatoms. The first-order valence-corrected chi connectivity index (χ1v) is 5.75. The highest BCUT2D eigenvalue weighted by Crippen LogP contribution is 2.20. The van der Waals surface area contributed by atoms with E-state index in [1.54, 1.807) is 6.20 Å². The summed E-state index contributed by atoms with van der Waals surface area (Å²) in [7, 11) is 0. The molecule has 0 saturated carbocycles. The van der Waals surface area contributed by atoms with Crippen LogP contribution in [0.5, 0.6) is 0 Å². The molecule has 1 heterocycles. The third kappa shape index (κ3) is 5.83. The van der Waals surface area contributed by atoms with Crippen molar-refractivity contribution in [2.75, 3.05) is 6.54 Å². The van der Waals surface area contributed by atoms with Gasteiger partial charge in [-0.1, -0.05) is 26.8 Å².